The maximum atomic E-state index is 12.6. The first-order valence-corrected chi connectivity index (χ1v) is 12.0. The largest absolute Gasteiger partial charge is 0.397 e. The number of hydrogen-bond donors (Lipinski definition) is 3. The second kappa shape index (κ2) is 9.86. The quantitative estimate of drug-likeness (QED) is 0.214. The molecule has 5 aromatic rings. The summed E-state index contributed by atoms with van der Waals surface area (Å²) in [5.41, 5.74) is 10.6. The number of anilines is 4. The molecule has 0 aliphatic rings. The molecule has 0 spiro atoms. The number of nitrogens with zero attached hydrogens (tertiary/aromatic N) is 4. The Morgan fingerprint density at radius 2 is 1.83 bits per heavy atom. The van der Waals surface area contributed by atoms with Crippen LogP contribution in [0.4, 0.5) is 23.0 Å². The number of amides is 1. The number of fused-ring (bicyclic) bond motifs is 1. The van der Waals surface area contributed by atoms with Crippen molar-refractivity contribution in [2.24, 2.45) is 0 Å². The molecule has 0 atom stereocenters. The summed E-state index contributed by atoms with van der Waals surface area (Å²) in [6, 6.07) is 22.5. The number of nitrogen functional groups attached to an aromatic ring is 1. The Balaban J connectivity index is 1.28. The summed E-state index contributed by atoms with van der Waals surface area (Å²) < 4.78 is 1.80. The van der Waals surface area contributed by atoms with E-state index in [1.54, 1.807) is 35.0 Å². The molecule has 0 saturated carbocycles. The molecule has 0 fully saturated rings. The summed E-state index contributed by atoms with van der Waals surface area (Å²) in [5.74, 6) is 1.91. The number of aryl methyl sites for hydroxylation is 1. The predicted octanol–water partition coefficient (Wildman–Crippen LogP) is 5.30. The number of aromatic nitrogens is 4. The third-order valence-electron chi connectivity index (χ3n) is 5.41. The van der Waals surface area contributed by atoms with E-state index < -0.39 is 0 Å². The van der Waals surface area contributed by atoms with Crippen molar-refractivity contribution in [1.29, 1.82) is 0 Å². The van der Waals surface area contributed by atoms with Gasteiger partial charge in [-0.25, -0.2) is 14.5 Å². The summed E-state index contributed by atoms with van der Waals surface area (Å²) in [6.07, 6.45) is 3.64. The fourth-order valence-electron chi connectivity index (χ4n) is 3.50. The van der Waals surface area contributed by atoms with E-state index in [-0.39, 0.29) is 5.91 Å². The highest BCUT2D eigenvalue weighted by Gasteiger charge is 2.12. The SMILES string of the molecule is Cc1cccnc1Nc1nc(SCc2ccc(C(=O)Nc3ccccc3N)cc2)nn2cccc12. The van der Waals surface area contributed by atoms with E-state index in [0.29, 0.717) is 33.7 Å². The van der Waals surface area contributed by atoms with Crippen LogP contribution in [0.2, 0.25) is 0 Å². The zero-order chi connectivity index (χ0) is 24.2. The minimum Gasteiger partial charge on any atom is -0.397 e. The number of rotatable bonds is 7. The number of para-hydroxylation sites is 2. The highest BCUT2D eigenvalue weighted by molar-refractivity contribution is 7.98. The van der Waals surface area contributed by atoms with Crippen LogP contribution in [0.3, 0.4) is 0 Å². The molecule has 3 heterocycles. The summed E-state index contributed by atoms with van der Waals surface area (Å²) in [6.45, 7) is 2.00. The molecule has 1 amide bonds. The van der Waals surface area contributed by atoms with E-state index in [2.05, 4.69) is 20.7 Å². The molecule has 0 aliphatic heterocycles. The van der Waals surface area contributed by atoms with Gasteiger partial charge in [0.05, 0.1) is 11.4 Å². The topological polar surface area (TPSA) is 110 Å². The summed E-state index contributed by atoms with van der Waals surface area (Å²) in [7, 11) is 0. The minimum atomic E-state index is -0.205. The molecular weight excluding hydrogens is 458 g/mol. The fourth-order valence-corrected chi connectivity index (χ4v) is 4.29. The van der Waals surface area contributed by atoms with Crippen molar-refractivity contribution in [3.05, 3.63) is 102 Å². The lowest BCUT2D eigenvalue weighted by Gasteiger charge is -2.11. The summed E-state index contributed by atoms with van der Waals surface area (Å²) >= 11 is 1.52. The molecule has 0 unspecified atom stereocenters. The van der Waals surface area contributed by atoms with E-state index in [1.807, 2.05) is 61.7 Å². The van der Waals surface area contributed by atoms with Gasteiger partial charge in [-0.1, -0.05) is 42.1 Å². The van der Waals surface area contributed by atoms with Gasteiger partial charge in [0.2, 0.25) is 5.16 Å². The molecule has 9 heteroatoms. The molecule has 8 nitrogen and oxygen atoms in total. The normalized spacial score (nSPS) is 10.9. The van der Waals surface area contributed by atoms with Gasteiger partial charge in [0.1, 0.15) is 11.3 Å². The van der Waals surface area contributed by atoms with Crippen LogP contribution < -0.4 is 16.4 Å². The number of thioether (sulfide) groups is 1. The monoisotopic (exact) mass is 481 g/mol. The number of carbonyl (C=O) groups is 1. The van der Waals surface area contributed by atoms with E-state index in [9.17, 15) is 4.79 Å². The second-order valence-corrected chi connectivity index (χ2v) is 8.84. The molecule has 35 heavy (non-hydrogen) atoms. The molecule has 0 bridgehead atoms. The van der Waals surface area contributed by atoms with E-state index in [0.717, 1.165) is 22.5 Å². The minimum absolute atomic E-state index is 0.205. The van der Waals surface area contributed by atoms with Gasteiger partial charge in [0, 0.05) is 23.7 Å². The number of hydrogen-bond acceptors (Lipinski definition) is 7. The number of nitrogens with two attached hydrogens (primary N) is 1. The smallest absolute Gasteiger partial charge is 0.255 e. The number of nitrogens with one attached hydrogen (secondary N) is 2. The molecule has 174 valence electrons. The molecule has 4 N–H and O–H groups in total. The van der Waals surface area contributed by atoms with Crippen LogP contribution in [0.15, 0.2) is 90.3 Å². The highest BCUT2D eigenvalue weighted by atomic mass is 32.2. The Morgan fingerprint density at radius 1 is 1.00 bits per heavy atom. The summed E-state index contributed by atoms with van der Waals surface area (Å²) in [4.78, 5) is 21.7. The third-order valence-corrected chi connectivity index (χ3v) is 6.32. The van der Waals surface area contributed by atoms with Crippen LogP contribution in [-0.4, -0.2) is 25.5 Å². The standard InChI is InChI=1S/C26H23N7OS/c1-17-6-4-14-28-23(17)30-24-22-9-5-15-33(22)32-26(31-24)35-16-18-10-12-19(13-11-18)25(34)29-21-8-3-2-7-20(21)27/h2-15H,16,27H2,1H3,(H,29,34)(H,28,30,31,32). The molecule has 3 aromatic heterocycles. The zero-order valence-electron chi connectivity index (χ0n) is 19.0. The average molecular weight is 482 g/mol. The van der Waals surface area contributed by atoms with Gasteiger partial charge in [-0.15, -0.1) is 5.10 Å². The van der Waals surface area contributed by atoms with Gasteiger partial charge in [0.25, 0.3) is 5.91 Å². The van der Waals surface area contributed by atoms with Crippen LogP contribution in [-0.2, 0) is 5.75 Å². The average Bonchev–Trinajstić information content (AvgIpc) is 3.35. The maximum Gasteiger partial charge on any atom is 0.255 e. The second-order valence-electron chi connectivity index (χ2n) is 7.90. The van der Waals surface area contributed by atoms with Gasteiger partial charge >= 0.3 is 0 Å². The van der Waals surface area contributed by atoms with Gasteiger partial charge in [0.15, 0.2) is 5.82 Å². The predicted molar refractivity (Wildman–Crippen MR) is 140 cm³/mol. The fraction of sp³-hybridized carbons (Fsp3) is 0.0769. The molecule has 5 rings (SSSR count). The van der Waals surface area contributed by atoms with Crippen LogP contribution in [0, 0.1) is 6.92 Å². The maximum absolute atomic E-state index is 12.6. The molecule has 0 saturated heterocycles. The van der Waals surface area contributed by atoms with Crippen LogP contribution in [0.25, 0.3) is 5.52 Å². The third kappa shape index (κ3) is 5.10. The van der Waals surface area contributed by atoms with Gasteiger partial charge < -0.3 is 16.4 Å². The zero-order valence-corrected chi connectivity index (χ0v) is 19.8. The Morgan fingerprint density at radius 3 is 2.63 bits per heavy atom. The molecule has 2 aromatic carbocycles. The highest BCUT2D eigenvalue weighted by Crippen LogP contribution is 2.26. The number of pyridine rings is 1. The van der Waals surface area contributed by atoms with Crippen LogP contribution in [0.1, 0.15) is 21.5 Å². The molecular formula is C26H23N7OS. The van der Waals surface area contributed by atoms with Crippen molar-refractivity contribution in [3.63, 3.8) is 0 Å². The molecule has 0 radical (unpaired) electrons. The lowest BCUT2D eigenvalue weighted by Crippen LogP contribution is -2.13. The van der Waals surface area contributed by atoms with Crippen molar-refractivity contribution in [3.8, 4) is 0 Å². The summed E-state index contributed by atoms with van der Waals surface area (Å²) in [5, 5.41) is 11.4. The number of carbonyl (C=O) groups excluding carboxylic acids is 1. The first-order valence-electron chi connectivity index (χ1n) is 11.0. The van der Waals surface area contributed by atoms with E-state index in [4.69, 9.17) is 10.7 Å². The van der Waals surface area contributed by atoms with E-state index in [1.165, 1.54) is 11.8 Å². The first-order chi connectivity index (χ1) is 17.1. The van der Waals surface area contributed by atoms with Gasteiger partial charge in [-0.3, -0.25) is 4.79 Å². The van der Waals surface area contributed by atoms with Crippen molar-refractivity contribution < 1.29 is 4.79 Å². The lowest BCUT2D eigenvalue weighted by atomic mass is 10.1. The Hall–Kier alpha value is -4.37. The van der Waals surface area contributed by atoms with Gasteiger partial charge in [-0.05, 0) is 60.5 Å². The van der Waals surface area contributed by atoms with Gasteiger partial charge in [-0.2, -0.15) is 0 Å². The Bertz CT molecular complexity index is 1500. The number of benzene rings is 2. The van der Waals surface area contributed by atoms with Crippen molar-refractivity contribution in [1.82, 2.24) is 19.6 Å². The van der Waals surface area contributed by atoms with E-state index >= 15 is 0 Å². The van der Waals surface area contributed by atoms with Crippen molar-refractivity contribution in [2.45, 2.75) is 17.8 Å². The molecule has 0 aliphatic carbocycles. The van der Waals surface area contributed by atoms with Crippen LogP contribution >= 0.6 is 11.8 Å². The Labute approximate surface area is 206 Å². The van der Waals surface area contributed by atoms with Crippen molar-refractivity contribution in [2.75, 3.05) is 16.4 Å². The van der Waals surface area contributed by atoms with Crippen LogP contribution in [0.5, 0.6) is 0 Å². The van der Waals surface area contributed by atoms with Crippen molar-refractivity contribution >= 4 is 46.2 Å². The first kappa shape index (κ1) is 22.4. The Kier molecular flexibility index (Phi) is 6.32. The lowest BCUT2D eigenvalue weighted by molar-refractivity contribution is 0.102.